The molecule has 0 radical (unpaired) electrons. The SMILES string of the molecule is COC(=O)C(Cc1ccc(O)c(C)c1)[C@@H](Cc1ccc(O)c(C)c1)C(=O)OC. The van der Waals surface area contributed by atoms with Gasteiger partial charge in [-0.1, -0.05) is 24.3 Å². The van der Waals surface area contributed by atoms with Gasteiger partial charge in [-0.25, -0.2) is 0 Å². The molecule has 0 saturated heterocycles. The van der Waals surface area contributed by atoms with Gasteiger partial charge in [-0.15, -0.1) is 0 Å². The number of esters is 2. The van der Waals surface area contributed by atoms with Crippen molar-refractivity contribution in [3.8, 4) is 11.5 Å². The summed E-state index contributed by atoms with van der Waals surface area (Å²) >= 11 is 0. The Kier molecular flexibility index (Phi) is 7.04. The highest BCUT2D eigenvalue weighted by Crippen LogP contribution is 2.28. The number of carbonyl (C=O) groups is 2. The van der Waals surface area contributed by atoms with E-state index in [1.165, 1.54) is 14.2 Å². The van der Waals surface area contributed by atoms with Crippen LogP contribution in [0.2, 0.25) is 0 Å². The minimum absolute atomic E-state index is 0.169. The molecule has 0 aromatic heterocycles. The van der Waals surface area contributed by atoms with Crippen LogP contribution in [-0.4, -0.2) is 36.4 Å². The van der Waals surface area contributed by atoms with Crippen molar-refractivity contribution in [2.45, 2.75) is 26.7 Å². The monoisotopic (exact) mass is 386 g/mol. The van der Waals surface area contributed by atoms with Crippen molar-refractivity contribution in [3.63, 3.8) is 0 Å². The molecular formula is C22H26O6. The number of carbonyl (C=O) groups excluding carboxylic acids is 2. The third kappa shape index (κ3) is 5.03. The first-order chi connectivity index (χ1) is 13.3. The first-order valence-corrected chi connectivity index (χ1v) is 8.99. The Balaban J connectivity index is 2.38. The van der Waals surface area contributed by atoms with Gasteiger partial charge < -0.3 is 19.7 Å². The van der Waals surface area contributed by atoms with Crippen LogP contribution in [0, 0.1) is 25.7 Å². The molecule has 1 unspecified atom stereocenters. The van der Waals surface area contributed by atoms with Crippen LogP contribution < -0.4 is 0 Å². The molecule has 150 valence electrons. The number of hydrogen-bond donors (Lipinski definition) is 2. The number of benzene rings is 2. The summed E-state index contributed by atoms with van der Waals surface area (Å²) < 4.78 is 9.92. The topological polar surface area (TPSA) is 93.1 Å². The Bertz CT molecular complexity index is 787. The van der Waals surface area contributed by atoms with E-state index in [4.69, 9.17) is 9.47 Å². The summed E-state index contributed by atoms with van der Waals surface area (Å²) in [6, 6.07) is 10.1. The summed E-state index contributed by atoms with van der Waals surface area (Å²) in [5.41, 5.74) is 2.98. The van der Waals surface area contributed by atoms with E-state index in [1.54, 1.807) is 50.2 Å². The van der Waals surface area contributed by atoms with Gasteiger partial charge in [0.25, 0.3) is 0 Å². The molecule has 6 heteroatoms. The zero-order valence-corrected chi connectivity index (χ0v) is 16.6. The van der Waals surface area contributed by atoms with Crippen molar-refractivity contribution >= 4 is 11.9 Å². The van der Waals surface area contributed by atoms with Crippen molar-refractivity contribution in [1.29, 1.82) is 0 Å². The van der Waals surface area contributed by atoms with Crippen molar-refractivity contribution in [2.24, 2.45) is 11.8 Å². The summed E-state index contributed by atoms with van der Waals surface area (Å²) in [5.74, 6) is -2.18. The molecule has 0 aliphatic heterocycles. The Hall–Kier alpha value is -3.02. The number of aryl methyl sites for hydroxylation is 2. The van der Waals surface area contributed by atoms with Crippen LogP contribution >= 0.6 is 0 Å². The van der Waals surface area contributed by atoms with Gasteiger partial charge in [-0.2, -0.15) is 0 Å². The van der Waals surface area contributed by atoms with Crippen LogP contribution in [0.25, 0.3) is 0 Å². The molecule has 2 atom stereocenters. The number of hydrogen-bond acceptors (Lipinski definition) is 6. The Labute approximate surface area is 164 Å². The third-order valence-corrected chi connectivity index (χ3v) is 4.93. The van der Waals surface area contributed by atoms with E-state index in [-0.39, 0.29) is 24.3 Å². The highest BCUT2D eigenvalue weighted by molar-refractivity contribution is 5.82. The van der Waals surface area contributed by atoms with Crippen molar-refractivity contribution in [3.05, 3.63) is 58.7 Å². The van der Waals surface area contributed by atoms with E-state index in [0.717, 1.165) is 11.1 Å². The first kappa shape index (κ1) is 21.3. The number of aromatic hydroxyl groups is 2. The van der Waals surface area contributed by atoms with E-state index in [9.17, 15) is 19.8 Å². The fourth-order valence-corrected chi connectivity index (χ4v) is 3.28. The molecule has 0 fully saturated rings. The molecule has 2 aromatic rings. The summed E-state index contributed by atoms with van der Waals surface area (Å²) in [4.78, 5) is 25.0. The predicted molar refractivity (Wildman–Crippen MR) is 104 cm³/mol. The van der Waals surface area contributed by atoms with Crippen molar-refractivity contribution in [2.75, 3.05) is 14.2 Å². The molecule has 0 aliphatic carbocycles. The lowest BCUT2D eigenvalue weighted by molar-refractivity contribution is -0.157. The standard InChI is InChI=1S/C22H26O6/c1-13-9-15(5-7-19(13)23)11-17(21(25)27-3)18(22(26)28-4)12-16-6-8-20(24)14(2)10-16/h5-10,17-18,23-24H,11-12H2,1-4H3/t17-,18?/m1/s1. The first-order valence-electron chi connectivity index (χ1n) is 8.99. The summed E-state index contributed by atoms with van der Waals surface area (Å²) in [5, 5.41) is 19.5. The third-order valence-electron chi connectivity index (χ3n) is 4.93. The lowest BCUT2D eigenvalue weighted by Crippen LogP contribution is -2.34. The largest absolute Gasteiger partial charge is 0.508 e. The van der Waals surface area contributed by atoms with Gasteiger partial charge in [0.1, 0.15) is 11.5 Å². The smallest absolute Gasteiger partial charge is 0.309 e. The van der Waals surface area contributed by atoms with Gasteiger partial charge in [0.15, 0.2) is 0 Å². The van der Waals surface area contributed by atoms with E-state index >= 15 is 0 Å². The number of phenolic OH excluding ortho intramolecular Hbond substituents is 2. The Morgan fingerprint density at radius 1 is 0.786 bits per heavy atom. The summed E-state index contributed by atoms with van der Waals surface area (Å²) in [6.07, 6.45) is 0.537. The van der Waals surface area contributed by atoms with Crippen LogP contribution in [0.5, 0.6) is 11.5 Å². The van der Waals surface area contributed by atoms with Crippen LogP contribution in [0.15, 0.2) is 36.4 Å². The van der Waals surface area contributed by atoms with Gasteiger partial charge in [0, 0.05) is 0 Å². The highest BCUT2D eigenvalue weighted by atomic mass is 16.5. The Morgan fingerprint density at radius 3 is 1.43 bits per heavy atom. The summed E-state index contributed by atoms with van der Waals surface area (Å²) in [6.45, 7) is 3.53. The second-order valence-corrected chi connectivity index (χ2v) is 6.91. The number of rotatable bonds is 7. The second-order valence-electron chi connectivity index (χ2n) is 6.91. The van der Waals surface area contributed by atoms with E-state index in [0.29, 0.717) is 11.1 Å². The quantitative estimate of drug-likeness (QED) is 0.711. The highest BCUT2D eigenvalue weighted by Gasteiger charge is 2.35. The molecular weight excluding hydrogens is 360 g/mol. The average Bonchev–Trinajstić information content (AvgIpc) is 2.68. The molecule has 28 heavy (non-hydrogen) atoms. The van der Waals surface area contributed by atoms with E-state index < -0.39 is 23.8 Å². The van der Waals surface area contributed by atoms with Gasteiger partial charge in [0.2, 0.25) is 0 Å². The number of methoxy groups -OCH3 is 2. The maximum absolute atomic E-state index is 12.5. The summed E-state index contributed by atoms with van der Waals surface area (Å²) in [7, 11) is 2.58. The molecule has 0 bridgehead atoms. The van der Waals surface area contributed by atoms with Gasteiger partial charge in [-0.3, -0.25) is 9.59 Å². The van der Waals surface area contributed by atoms with Gasteiger partial charge in [-0.05, 0) is 61.1 Å². The lowest BCUT2D eigenvalue weighted by Gasteiger charge is -2.24. The second kappa shape index (κ2) is 9.26. The molecule has 2 rings (SSSR count). The number of ether oxygens (including phenoxy) is 2. The molecule has 6 nitrogen and oxygen atoms in total. The van der Waals surface area contributed by atoms with Crippen LogP contribution in [0.3, 0.4) is 0 Å². The van der Waals surface area contributed by atoms with Crippen molar-refractivity contribution in [1.82, 2.24) is 0 Å². The van der Waals surface area contributed by atoms with Gasteiger partial charge in [0.05, 0.1) is 26.1 Å². The average molecular weight is 386 g/mol. The molecule has 0 amide bonds. The minimum Gasteiger partial charge on any atom is -0.508 e. The van der Waals surface area contributed by atoms with Crippen LogP contribution in [0.1, 0.15) is 22.3 Å². The molecule has 0 saturated carbocycles. The van der Waals surface area contributed by atoms with Crippen LogP contribution in [0.4, 0.5) is 0 Å². The molecule has 2 N–H and O–H groups in total. The maximum atomic E-state index is 12.5. The fourth-order valence-electron chi connectivity index (χ4n) is 3.28. The zero-order chi connectivity index (χ0) is 20.8. The van der Waals surface area contributed by atoms with E-state index in [2.05, 4.69) is 0 Å². The maximum Gasteiger partial charge on any atom is 0.309 e. The molecule has 0 spiro atoms. The molecule has 0 aliphatic rings. The molecule has 0 heterocycles. The fraction of sp³-hybridized carbons (Fsp3) is 0.364. The lowest BCUT2D eigenvalue weighted by atomic mass is 9.82. The minimum atomic E-state index is -0.754. The predicted octanol–water partition coefficient (Wildman–Crippen LogP) is 3.08. The number of phenols is 2. The zero-order valence-electron chi connectivity index (χ0n) is 16.6. The normalized spacial score (nSPS) is 12.9. The van der Waals surface area contributed by atoms with Gasteiger partial charge >= 0.3 is 11.9 Å². The molecule has 2 aromatic carbocycles. The Morgan fingerprint density at radius 2 is 1.14 bits per heavy atom. The van der Waals surface area contributed by atoms with E-state index in [1.807, 2.05) is 0 Å². The van der Waals surface area contributed by atoms with Crippen LogP contribution in [-0.2, 0) is 31.9 Å². The van der Waals surface area contributed by atoms with Crippen molar-refractivity contribution < 1.29 is 29.3 Å².